The molecule has 0 saturated carbocycles. The van der Waals surface area contributed by atoms with E-state index in [0.29, 0.717) is 0 Å². The maximum atomic E-state index is 4.77. The van der Waals surface area contributed by atoms with Gasteiger partial charge in [0.2, 0.25) is 0 Å². The minimum Gasteiger partial charge on any atom is -0.346 e. The van der Waals surface area contributed by atoms with Gasteiger partial charge in [-0.1, -0.05) is 18.7 Å². The second-order valence-corrected chi connectivity index (χ2v) is 10.6. The van der Waals surface area contributed by atoms with Crippen molar-refractivity contribution < 1.29 is 0 Å². The fraction of sp³-hybridized carbons (Fsp3) is 0.464. The van der Waals surface area contributed by atoms with Gasteiger partial charge < -0.3 is 14.8 Å². The van der Waals surface area contributed by atoms with Gasteiger partial charge in [-0.3, -0.25) is 4.90 Å². The van der Waals surface area contributed by atoms with Crippen LogP contribution in [0.3, 0.4) is 0 Å². The average molecular weight is 442 g/mol. The molecule has 5 heteroatoms. The molecule has 0 amide bonds. The van der Waals surface area contributed by atoms with E-state index < -0.39 is 0 Å². The van der Waals surface area contributed by atoms with E-state index in [4.69, 9.17) is 4.98 Å². The Labute approximate surface area is 197 Å². The van der Waals surface area contributed by atoms with Crippen molar-refractivity contribution in [2.75, 3.05) is 53.4 Å². The zero-order chi connectivity index (χ0) is 22.6. The lowest BCUT2D eigenvalue weighted by Gasteiger charge is -2.38. The molecule has 2 aromatic heterocycles. The van der Waals surface area contributed by atoms with Gasteiger partial charge in [0.25, 0.3) is 0 Å². The number of hydrogen-bond donors (Lipinski definition) is 1. The second-order valence-electron chi connectivity index (χ2n) is 10.6. The zero-order valence-corrected chi connectivity index (χ0v) is 20.0. The monoisotopic (exact) mass is 441 g/mol. The van der Waals surface area contributed by atoms with Gasteiger partial charge in [0, 0.05) is 61.5 Å². The third kappa shape index (κ3) is 3.72. The Morgan fingerprint density at radius 3 is 2.52 bits per heavy atom. The number of rotatable bonds is 3. The van der Waals surface area contributed by atoms with Crippen LogP contribution in [0.4, 0.5) is 0 Å². The van der Waals surface area contributed by atoms with Gasteiger partial charge in [-0.05, 0) is 86.4 Å². The molecule has 0 radical (unpaired) electrons. The van der Waals surface area contributed by atoms with Crippen LogP contribution in [0.25, 0.3) is 27.7 Å². The SMILES string of the molecule is C=C1CC2(CCN(C)CC2)c2cc(-c3c[nH]c4ncc(CN5CCN(C)CC5)cc34)ccc21. The number of piperidine rings is 1. The summed E-state index contributed by atoms with van der Waals surface area (Å²) >= 11 is 0. The highest BCUT2D eigenvalue weighted by molar-refractivity contribution is 5.94. The summed E-state index contributed by atoms with van der Waals surface area (Å²) in [6, 6.07) is 9.42. The molecule has 172 valence electrons. The molecule has 2 fully saturated rings. The summed E-state index contributed by atoms with van der Waals surface area (Å²) in [6.07, 6.45) is 7.75. The first-order chi connectivity index (χ1) is 16.0. The van der Waals surface area contributed by atoms with E-state index in [-0.39, 0.29) is 5.41 Å². The van der Waals surface area contributed by atoms with E-state index in [2.05, 4.69) is 70.8 Å². The zero-order valence-electron chi connectivity index (χ0n) is 20.0. The van der Waals surface area contributed by atoms with Gasteiger partial charge in [-0.2, -0.15) is 0 Å². The fourth-order valence-electron chi connectivity index (χ4n) is 6.19. The number of piperazine rings is 1. The molecule has 3 aromatic rings. The highest BCUT2D eigenvalue weighted by atomic mass is 15.2. The number of fused-ring (bicyclic) bond motifs is 3. The Balaban J connectivity index is 1.34. The molecule has 5 nitrogen and oxygen atoms in total. The minimum absolute atomic E-state index is 0.270. The van der Waals surface area contributed by atoms with Crippen LogP contribution in [0.2, 0.25) is 0 Å². The molecule has 1 N–H and O–H groups in total. The van der Waals surface area contributed by atoms with Crippen LogP contribution in [0.15, 0.2) is 43.2 Å². The van der Waals surface area contributed by atoms with E-state index in [1.807, 2.05) is 6.20 Å². The van der Waals surface area contributed by atoms with Crippen LogP contribution in [0.5, 0.6) is 0 Å². The quantitative estimate of drug-likeness (QED) is 0.656. The standard InChI is InChI=1S/C28H35N5/c1-20-16-28(6-8-31(2)9-7-28)26-15-22(4-5-23(20)26)25-18-30-27-24(25)14-21(17-29-27)19-33-12-10-32(3)11-13-33/h4-5,14-15,17-18H,1,6-13,16,19H2,2-3H3,(H,29,30). The number of nitrogens with zero attached hydrogens (tertiary/aromatic N) is 4. The number of nitrogens with one attached hydrogen (secondary N) is 1. The number of aromatic nitrogens is 2. The van der Waals surface area contributed by atoms with Crippen LogP contribution in [0.1, 0.15) is 36.0 Å². The van der Waals surface area contributed by atoms with Crippen LogP contribution in [-0.4, -0.2) is 78.0 Å². The summed E-state index contributed by atoms with van der Waals surface area (Å²) < 4.78 is 0. The van der Waals surface area contributed by atoms with E-state index in [0.717, 1.165) is 44.8 Å². The number of likely N-dealkylation sites (tertiary alicyclic amines) is 1. The van der Waals surface area contributed by atoms with Crippen LogP contribution in [-0.2, 0) is 12.0 Å². The van der Waals surface area contributed by atoms with Gasteiger partial charge in [-0.25, -0.2) is 4.98 Å². The van der Waals surface area contributed by atoms with Crippen molar-refractivity contribution in [2.45, 2.75) is 31.2 Å². The summed E-state index contributed by atoms with van der Waals surface area (Å²) in [5.41, 5.74) is 9.33. The van der Waals surface area contributed by atoms with Crippen LogP contribution in [0, 0.1) is 0 Å². The largest absolute Gasteiger partial charge is 0.346 e. The van der Waals surface area contributed by atoms with Crippen molar-refractivity contribution in [3.05, 3.63) is 59.9 Å². The highest BCUT2D eigenvalue weighted by Crippen LogP contribution is 2.51. The van der Waals surface area contributed by atoms with Crippen molar-refractivity contribution >= 4 is 16.6 Å². The Bertz CT molecular complexity index is 1190. The van der Waals surface area contributed by atoms with Gasteiger partial charge >= 0.3 is 0 Å². The first-order valence-electron chi connectivity index (χ1n) is 12.4. The van der Waals surface area contributed by atoms with Gasteiger partial charge in [-0.15, -0.1) is 0 Å². The fourth-order valence-corrected chi connectivity index (χ4v) is 6.19. The molecule has 0 unspecified atom stereocenters. The van der Waals surface area contributed by atoms with Crippen molar-refractivity contribution in [2.24, 2.45) is 0 Å². The molecular formula is C28H35N5. The molecule has 33 heavy (non-hydrogen) atoms. The van der Waals surface area contributed by atoms with Crippen molar-refractivity contribution in [1.82, 2.24) is 24.7 Å². The Kier molecular flexibility index (Phi) is 5.17. The van der Waals surface area contributed by atoms with E-state index in [1.165, 1.54) is 64.7 Å². The number of likely N-dealkylation sites (N-methyl/N-ethyl adjacent to an activating group) is 1. The molecule has 1 aliphatic carbocycles. The molecule has 6 rings (SSSR count). The molecule has 4 heterocycles. The maximum absolute atomic E-state index is 4.77. The molecule has 3 aliphatic rings. The van der Waals surface area contributed by atoms with E-state index >= 15 is 0 Å². The number of pyridine rings is 1. The van der Waals surface area contributed by atoms with Crippen molar-refractivity contribution in [3.8, 4) is 11.1 Å². The predicted molar refractivity (Wildman–Crippen MR) is 136 cm³/mol. The van der Waals surface area contributed by atoms with Crippen LogP contribution < -0.4 is 0 Å². The first-order valence-corrected chi connectivity index (χ1v) is 12.4. The number of allylic oxidation sites excluding steroid dienone is 1. The lowest BCUT2D eigenvalue weighted by atomic mass is 9.73. The second kappa shape index (κ2) is 8.08. The minimum atomic E-state index is 0.270. The number of H-pyrrole nitrogens is 1. The first kappa shape index (κ1) is 21.1. The molecule has 1 spiro atoms. The lowest BCUT2D eigenvalue weighted by molar-refractivity contribution is 0.148. The average Bonchev–Trinajstić information content (AvgIpc) is 3.36. The Morgan fingerprint density at radius 2 is 1.73 bits per heavy atom. The number of aromatic amines is 1. The van der Waals surface area contributed by atoms with E-state index in [1.54, 1.807) is 0 Å². The molecule has 0 atom stereocenters. The summed E-state index contributed by atoms with van der Waals surface area (Å²) in [5.74, 6) is 0. The summed E-state index contributed by atoms with van der Waals surface area (Å²) in [6.45, 7) is 12.3. The highest BCUT2D eigenvalue weighted by Gasteiger charge is 2.42. The molecule has 2 saturated heterocycles. The van der Waals surface area contributed by atoms with Crippen molar-refractivity contribution in [3.63, 3.8) is 0 Å². The molecule has 0 bridgehead atoms. The third-order valence-corrected chi connectivity index (χ3v) is 8.37. The lowest BCUT2D eigenvalue weighted by Crippen LogP contribution is -2.43. The maximum Gasteiger partial charge on any atom is 0.137 e. The summed E-state index contributed by atoms with van der Waals surface area (Å²) in [5, 5.41) is 1.23. The van der Waals surface area contributed by atoms with E-state index in [9.17, 15) is 0 Å². The molecular weight excluding hydrogens is 406 g/mol. The Morgan fingerprint density at radius 1 is 0.970 bits per heavy atom. The van der Waals surface area contributed by atoms with Gasteiger partial charge in [0.05, 0.1) is 0 Å². The predicted octanol–water partition coefficient (Wildman–Crippen LogP) is 4.36. The van der Waals surface area contributed by atoms with Gasteiger partial charge in [0.15, 0.2) is 0 Å². The topological polar surface area (TPSA) is 38.4 Å². The number of hydrogen-bond acceptors (Lipinski definition) is 4. The summed E-state index contributed by atoms with van der Waals surface area (Å²) in [7, 11) is 4.45. The molecule has 1 aromatic carbocycles. The third-order valence-electron chi connectivity index (χ3n) is 8.37. The summed E-state index contributed by atoms with van der Waals surface area (Å²) in [4.78, 5) is 15.6. The van der Waals surface area contributed by atoms with Crippen molar-refractivity contribution in [1.29, 1.82) is 0 Å². The van der Waals surface area contributed by atoms with Crippen LogP contribution >= 0.6 is 0 Å². The molecule has 2 aliphatic heterocycles. The number of benzene rings is 1. The smallest absolute Gasteiger partial charge is 0.137 e. The Hall–Kier alpha value is -2.47. The normalized spacial score (nSPS) is 21.8. The van der Waals surface area contributed by atoms with Gasteiger partial charge in [0.1, 0.15) is 5.65 Å².